The van der Waals surface area contributed by atoms with Gasteiger partial charge in [0, 0.05) is 31.2 Å². The smallest absolute Gasteiger partial charge is 0.239 e. The Balaban J connectivity index is 0.00000240. The van der Waals surface area contributed by atoms with Gasteiger partial charge in [0.1, 0.15) is 11.7 Å². The summed E-state index contributed by atoms with van der Waals surface area (Å²) in [7, 11) is 0. The number of benzene rings is 2. The molecule has 2 amide bonds. The summed E-state index contributed by atoms with van der Waals surface area (Å²) < 4.78 is 13.2. The number of hydrogen-bond donors (Lipinski definition) is 1. The lowest BCUT2D eigenvalue weighted by molar-refractivity contribution is -0.139. The summed E-state index contributed by atoms with van der Waals surface area (Å²) in [5, 5.41) is 0. The van der Waals surface area contributed by atoms with Crippen molar-refractivity contribution in [2.24, 2.45) is 17.6 Å². The number of nitrogens with zero attached hydrogens (tertiary/aromatic N) is 2. The van der Waals surface area contributed by atoms with Crippen molar-refractivity contribution in [1.29, 1.82) is 0 Å². The van der Waals surface area contributed by atoms with E-state index in [1.54, 1.807) is 21.9 Å². The van der Waals surface area contributed by atoms with E-state index in [9.17, 15) is 14.0 Å². The van der Waals surface area contributed by atoms with Crippen molar-refractivity contribution >= 4 is 29.9 Å². The van der Waals surface area contributed by atoms with Gasteiger partial charge < -0.3 is 15.5 Å². The summed E-state index contributed by atoms with van der Waals surface area (Å²) >= 11 is 0. The first-order chi connectivity index (χ1) is 13.6. The second kappa shape index (κ2) is 8.93. The lowest BCUT2D eigenvalue weighted by Gasteiger charge is -2.21. The molecule has 0 spiro atoms. The minimum Gasteiger partial charge on any atom is -0.341 e. The number of rotatable bonds is 4. The van der Waals surface area contributed by atoms with E-state index in [1.807, 2.05) is 18.2 Å². The number of carbonyl (C=O) groups is 2. The highest BCUT2D eigenvalue weighted by atomic mass is 35.5. The van der Waals surface area contributed by atoms with Crippen LogP contribution in [0.15, 0.2) is 54.6 Å². The molecule has 0 bridgehead atoms. The molecule has 0 aromatic heterocycles. The van der Waals surface area contributed by atoms with Gasteiger partial charge in [-0.1, -0.05) is 30.3 Å². The van der Waals surface area contributed by atoms with Crippen LogP contribution >= 0.6 is 12.4 Å². The average Bonchev–Trinajstić information content (AvgIpc) is 3.33. The quantitative estimate of drug-likeness (QED) is 0.778. The van der Waals surface area contributed by atoms with Gasteiger partial charge >= 0.3 is 0 Å². The van der Waals surface area contributed by atoms with E-state index in [4.69, 9.17) is 5.73 Å². The molecule has 3 atom stereocenters. The Labute approximate surface area is 176 Å². The highest BCUT2D eigenvalue weighted by molar-refractivity contribution is 6.09. The molecule has 4 rings (SSSR count). The third-order valence-corrected chi connectivity index (χ3v) is 5.93. The number of hydrogen-bond acceptors (Lipinski definition) is 3. The van der Waals surface area contributed by atoms with Crippen molar-refractivity contribution in [3.63, 3.8) is 0 Å². The number of likely N-dealkylation sites (tertiary alicyclic amines) is 1. The van der Waals surface area contributed by atoms with Gasteiger partial charge in [-0.05, 0) is 48.7 Å². The Kier molecular flexibility index (Phi) is 6.55. The van der Waals surface area contributed by atoms with E-state index in [0.29, 0.717) is 38.3 Å². The van der Waals surface area contributed by atoms with Crippen LogP contribution in [0, 0.1) is 17.7 Å². The van der Waals surface area contributed by atoms with E-state index < -0.39 is 5.92 Å². The largest absolute Gasteiger partial charge is 0.341 e. The molecule has 0 aliphatic carbocycles. The molecule has 29 heavy (non-hydrogen) atoms. The van der Waals surface area contributed by atoms with E-state index >= 15 is 0 Å². The van der Waals surface area contributed by atoms with E-state index in [-0.39, 0.29) is 41.9 Å². The van der Waals surface area contributed by atoms with Gasteiger partial charge in [-0.15, -0.1) is 12.4 Å². The van der Waals surface area contributed by atoms with E-state index in [2.05, 4.69) is 12.1 Å². The lowest BCUT2D eigenvalue weighted by Crippen LogP contribution is -2.39. The van der Waals surface area contributed by atoms with Crippen LogP contribution in [0.2, 0.25) is 0 Å². The third-order valence-electron chi connectivity index (χ3n) is 5.93. The first-order valence-corrected chi connectivity index (χ1v) is 9.69. The second-order valence-corrected chi connectivity index (χ2v) is 7.56. The summed E-state index contributed by atoms with van der Waals surface area (Å²) in [5.41, 5.74) is 7.78. The molecule has 2 saturated heterocycles. The molecule has 2 aromatic carbocycles. The Hall–Kier alpha value is -2.44. The Morgan fingerprint density at radius 1 is 1.07 bits per heavy atom. The van der Waals surface area contributed by atoms with Crippen LogP contribution in [0.3, 0.4) is 0 Å². The highest BCUT2D eigenvalue weighted by Gasteiger charge is 2.43. The van der Waals surface area contributed by atoms with Crippen molar-refractivity contribution in [1.82, 2.24) is 4.90 Å². The van der Waals surface area contributed by atoms with Crippen LogP contribution in [-0.2, 0) is 9.59 Å². The minimum atomic E-state index is -0.669. The Morgan fingerprint density at radius 3 is 2.41 bits per heavy atom. The SMILES string of the molecule is Cl.NC[C@@H]1CN(C(=O)C2CCN(c3ccc(F)cc3)C2=O)C[C@H]1c1ccccc1. The molecule has 2 aromatic rings. The van der Waals surface area contributed by atoms with Gasteiger partial charge in [0.05, 0.1) is 0 Å². The van der Waals surface area contributed by atoms with Gasteiger partial charge in [-0.25, -0.2) is 4.39 Å². The zero-order valence-electron chi connectivity index (χ0n) is 16.0. The normalized spacial score (nSPS) is 23.9. The van der Waals surface area contributed by atoms with Crippen molar-refractivity contribution in [3.8, 4) is 0 Å². The molecule has 0 radical (unpaired) electrons. The van der Waals surface area contributed by atoms with Gasteiger partial charge in [-0.2, -0.15) is 0 Å². The first kappa shape index (κ1) is 21.3. The molecule has 1 unspecified atom stereocenters. The zero-order chi connectivity index (χ0) is 19.7. The van der Waals surface area contributed by atoms with Crippen LogP contribution in [0.1, 0.15) is 17.9 Å². The van der Waals surface area contributed by atoms with Crippen LogP contribution in [0.5, 0.6) is 0 Å². The summed E-state index contributed by atoms with van der Waals surface area (Å²) in [6.07, 6.45) is 0.481. The third kappa shape index (κ3) is 4.14. The Bertz CT molecular complexity index is 862. The molecule has 2 heterocycles. The molecule has 0 saturated carbocycles. The second-order valence-electron chi connectivity index (χ2n) is 7.56. The van der Waals surface area contributed by atoms with Gasteiger partial charge in [-0.3, -0.25) is 9.59 Å². The Morgan fingerprint density at radius 2 is 1.76 bits per heavy atom. The topological polar surface area (TPSA) is 66.6 Å². The summed E-state index contributed by atoms with van der Waals surface area (Å²) in [6.45, 7) is 2.14. The molecule has 2 aliphatic heterocycles. The molecule has 7 heteroatoms. The molecule has 5 nitrogen and oxygen atoms in total. The zero-order valence-corrected chi connectivity index (χ0v) is 16.9. The summed E-state index contributed by atoms with van der Waals surface area (Å²) in [4.78, 5) is 29.3. The van der Waals surface area contributed by atoms with Gasteiger partial charge in [0.2, 0.25) is 11.8 Å². The standard InChI is InChI=1S/C22H24FN3O2.ClH/c23-17-6-8-18(9-7-17)26-11-10-19(22(26)28)21(27)25-13-16(12-24)20(14-25)15-4-2-1-3-5-15;/h1-9,16,19-20H,10-14,24H2;1H/t16-,19?,20+;/m1./s1. The first-order valence-electron chi connectivity index (χ1n) is 9.69. The van der Waals surface area contributed by atoms with Crippen molar-refractivity contribution < 1.29 is 14.0 Å². The molecule has 154 valence electrons. The van der Waals surface area contributed by atoms with E-state index in [1.165, 1.54) is 17.7 Å². The van der Waals surface area contributed by atoms with Crippen molar-refractivity contribution in [2.75, 3.05) is 31.1 Å². The number of anilines is 1. The fourth-order valence-corrected chi connectivity index (χ4v) is 4.37. The van der Waals surface area contributed by atoms with Crippen molar-refractivity contribution in [2.45, 2.75) is 12.3 Å². The maximum atomic E-state index is 13.2. The maximum absolute atomic E-state index is 13.2. The van der Waals surface area contributed by atoms with E-state index in [0.717, 1.165) is 0 Å². The molecular weight excluding hydrogens is 393 g/mol. The average molecular weight is 418 g/mol. The molecule has 2 fully saturated rings. The summed E-state index contributed by atoms with van der Waals surface area (Å²) in [5.74, 6) is -0.954. The van der Waals surface area contributed by atoms with Gasteiger partial charge in [0.15, 0.2) is 0 Å². The number of nitrogens with two attached hydrogens (primary N) is 1. The lowest BCUT2D eigenvalue weighted by atomic mass is 9.89. The van der Waals surface area contributed by atoms with Gasteiger partial charge in [0.25, 0.3) is 0 Å². The molecule has 2 N–H and O–H groups in total. The molecule has 2 aliphatic rings. The fraction of sp³-hybridized carbons (Fsp3) is 0.364. The number of amides is 2. The monoisotopic (exact) mass is 417 g/mol. The van der Waals surface area contributed by atoms with Crippen molar-refractivity contribution in [3.05, 3.63) is 66.0 Å². The number of halogens is 2. The van der Waals surface area contributed by atoms with Crippen LogP contribution in [0.25, 0.3) is 0 Å². The molecular formula is C22H25ClFN3O2. The minimum absolute atomic E-state index is 0. The number of carbonyl (C=O) groups excluding carboxylic acids is 2. The van der Waals surface area contributed by atoms with Crippen LogP contribution in [-0.4, -0.2) is 42.9 Å². The fourth-order valence-electron chi connectivity index (χ4n) is 4.37. The summed E-state index contributed by atoms with van der Waals surface area (Å²) in [6, 6.07) is 15.9. The maximum Gasteiger partial charge on any atom is 0.239 e. The predicted octanol–water partition coefficient (Wildman–Crippen LogP) is 2.80. The van der Waals surface area contributed by atoms with Crippen LogP contribution < -0.4 is 10.6 Å². The van der Waals surface area contributed by atoms with Crippen LogP contribution in [0.4, 0.5) is 10.1 Å². The predicted molar refractivity (Wildman–Crippen MR) is 112 cm³/mol. The highest BCUT2D eigenvalue weighted by Crippen LogP contribution is 2.34.